The molecule has 1 aliphatic heterocycles. The number of rotatable bonds is 4. The van der Waals surface area contributed by atoms with Crippen LogP contribution >= 0.6 is 0 Å². The normalized spacial score (nSPS) is 14.5. The maximum atomic E-state index is 13.1. The summed E-state index contributed by atoms with van der Waals surface area (Å²) in [5, 5.41) is 2.89. The number of hydrogen-bond donors (Lipinski definition) is 1. The average molecular weight is 414 g/mol. The van der Waals surface area contributed by atoms with Crippen LogP contribution in [-0.2, 0) is 11.3 Å². The van der Waals surface area contributed by atoms with Crippen molar-refractivity contribution in [3.63, 3.8) is 0 Å². The van der Waals surface area contributed by atoms with E-state index < -0.39 is 0 Å². The van der Waals surface area contributed by atoms with E-state index in [1.54, 1.807) is 32.7 Å². The molecule has 7 nitrogen and oxygen atoms in total. The van der Waals surface area contributed by atoms with Gasteiger partial charge in [-0.3, -0.25) is 14.4 Å². The van der Waals surface area contributed by atoms with E-state index in [0.717, 1.165) is 0 Å². The molecule has 2 heterocycles. The largest absolute Gasteiger partial charge is 0.350 e. The van der Waals surface area contributed by atoms with E-state index in [1.165, 1.54) is 24.3 Å². The van der Waals surface area contributed by atoms with Crippen LogP contribution in [0, 0.1) is 5.82 Å². The van der Waals surface area contributed by atoms with E-state index >= 15 is 0 Å². The smallest absolute Gasteiger partial charge is 0.270 e. The molecule has 1 saturated heterocycles. The Labute approximate surface area is 175 Å². The number of carbonyl (C=O) groups excluding carboxylic acids is 3. The van der Waals surface area contributed by atoms with E-state index in [2.05, 4.69) is 5.32 Å². The SMILES string of the molecule is CC(C)(C)NC(=O)Cn1cccc1C(=O)N1CCN(C(=O)c2ccc(F)cc2)CC1. The van der Waals surface area contributed by atoms with Crippen molar-refractivity contribution < 1.29 is 18.8 Å². The Morgan fingerprint density at radius 3 is 2.07 bits per heavy atom. The highest BCUT2D eigenvalue weighted by molar-refractivity contribution is 5.95. The second kappa shape index (κ2) is 8.69. The van der Waals surface area contributed by atoms with Crippen molar-refractivity contribution in [1.29, 1.82) is 0 Å². The van der Waals surface area contributed by atoms with Crippen LogP contribution in [0.2, 0.25) is 0 Å². The van der Waals surface area contributed by atoms with Crippen LogP contribution in [-0.4, -0.2) is 63.8 Å². The van der Waals surface area contributed by atoms with Gasteiger partial charge in [0.05, 0.1) is 0 Å². The quantitative estimate of drug-likeness (QED) is 0.833. The van der Waals surface area contributed by atoms with Gasteiger partial charge in [0.1, 0.15) is 18.1 Å². The fourth-order valence-corrected chi connectivity index (χ4v) is 3.41. The lowest BCUT2D eigenvalue weighted by molar-refractivity contribution is -0.123. The molecule has 0 atom stereocenters. The van der Waals surface area contributed by atoms with Gasteiger partial charge < -0.3 is 19.7 Å². The minimum Gasteiger partial charge on any atom is -0.350 e. The molecule has 0 aliphatic carbocycles. The topological polar surface area (TPSA) is 74.7 Å². The second-order valence-corrected chi connectivity index (χ2v) is 8.41. The number of nitrogens with one attached hydrogen (secondary N) is 1. The molecule has 0 bridgehead atoms. The molecule has 0 unspecified atom stereocenters. The lowest BCUT2D eigenvalue weighted by Crippen LogP contribution is -2.51. The number of aromatic nitrogens is 1. The first-order chi connectivity index (χ1) is 14.1. The van der Waals surface area contributed by atoms with Crippen molar-refractivity contribution in [2.75, 3.05) is 26.2 Å². The van der Waals surface area contributed by atoms with Crippen LogP contribution < -0.4 is 5.32 Å². The molecule has 1 aromatic heterocycles. The maximum absolute atomic E-state index is 13.1. The van der Waals surface area contributed by atoms with Gasteiger partial charge in [0, 0.05) is 43.5 Å². The molecule has 160 valence electrons. The van der Waals surface area contributed by atoms with E-state index in [9.17, 15) is 18.8 Å². The van der Waals surface area contributed by atoms with Crippen molar-refractivity contribution in [1.82, 2.24) is 19.7 Å². The fourth-order valence-electron chi connectivity index (χ4n) is 3.41. The summed E-state index contributed by atoms with van der Waals surface area (Å²) >= 11 is 0. The van der Waals surface area contributed by atoms with Crippen molar-refractivity contribution >= 4 is 17.7 Å². The zero-order chi connectivity index (χ0) is 21.9. The molecule has 0 saturated carbocycles. The van der Waals surface area contributed by atoms with Crippen molar-refractivity contribution in [2.45, 2.75) is 32.9 Å². The number of amides is 3. The number of carbonyl (C=O) groups is 3. The first kappa shape index (κ1) is 21.5. The lowest BCUT2D eigenvalue weighted by atomic mass is 10.1. The van der Waals surface area contributed by atoms with Crippen LogP contribution in [0.4, 0.5) is 4.39 Å². The third kappa shape index (κ3) is 5.25. The predicted octanol–water partition coefficient (Wildman–Crippen LogP) is 2.14. The number of hydrogen-bond acceptors (Lipinski definition) is 3. The molecule has 1 N–H and O–H groups in total. The maximum Gasteiger partial charge on any atom is 0.270 e. The predicted molar refractivity (Wildman–Crippen MR) is 111 cm³/mol. The van der Waals surface area contributed by atoms with Gasteiger partial charge in [-0.2, -0.15) is 0 Å². The zero-order valence-corrected chi connectivity index (χ0v) is 17.5. The average Bonchev–Trinajstić information content (AvgIpc) is 3.14. The van der Waals surface area contributed by atoms with Gasteiger partial charge in [-0.05, 0) is 57.2 Å². The van der Waals surface area contributed by atoms with Crippen molar-refractivity contribution in [3.8, 4) is 0 Å². The van der Waals surface area contributed by atoms with Crippen molar-refractivity contribution in [3.05, 3.63) is 59.7 Å². The fraction of sp³-hybridized carbons (Fsp3) is 0.409. The highest BCUT2D eigenvalue weighted by Crippen LogP contribution is 2.13. The molecule has 30 heavy (non-hydrogen) atoms. The Morgan fingerprint density at radius 2 is 1.50 bits per heavy atom. The Kier molecular flexibility index (Phi) is 6.24. The molecule has 1 aliphatic rings. The summed E-state index contributed by atoms with van der Waals surface area (Å²) in [6, 6.07) is 8.89. The summed E-state index contributed by atoms with van der Waals surface area (Å²) in [6.45, 7) is 7.35. The Bertz CT molecular complexity index is 923. The van der Waals surface area contributed by atoms with Gasteiger partial charge in [0.2, 0.25) is 5.91 Å². The highest BCUT2D eigenvalue weighted by Gasteiger charge is 2.27. The first-order valence-corrected chi connectivity index (χ1v) is 9.94. The van der Waals surface area contributed by atoms with Gasteiger partial charge in [-0.15, -0.1) is 0 Å². The lowest BCUT2D eigenvalue weighted by Gasteiger charge is -2.35. The molecule has 1 fully saturated rings. The van der Waals surface area contributed by atoms with Gasteiger partial charge in [-0.25, -0.2) is 4.39 Å². The Balaban J connectivity index is 1.59. The molecule has 0 radical (unpaired) electrons. The number of piperazine rings is 1. The summed E-state index contributed by atoms with van der Waals surface area (Å²) in [6.07, 6.45) is 1.71. The molecule has 3 rings (SSSR count). The van der Waals surface area contributed by atoms with Crippen LogP contribution in [0.15, 0.2) is 42.6 Å². The zero-order valence-electron chi connectivity index (χ0n) is 17.5. The molecule has 8 heteroatoms. The number of halogens is 1. The summed E-state index contributed by atoms with van der Waals surface area (Å²) in [5.41, 5.74) is 0.522. The van der Waals surface area contributed by atoms with Gasteiger partial charge in [0.15, 0.2) is 0 Å². The summed E-state index contributed by atoms with van der Waals surface area (Å²) in [7, 11) is 0. The molecule has 3 amide bonds. The third-order valence-electron chi connectivity index (χ3n) is 4.82. The molecule has 0 spiro atoms. The summed E-state index contributed by atoms with van der Waals surface area (Å²) < 4.78 is 14.7. The van der Waals surface area contributed by atoms with Crippen LogP contribution in [0.5, 0.6) is 0 Å². The molecule has 1 aromatic carbocycles. The van der Waals surface area contributed by atoms with Crippen LogP contribution in [0.1, 0.15) is 41.6 Å². The molecular formula is C22H27FN4O3. The molecular weight excluding hydrogens is 387 g/mol. The van der Waals surface area contributed by atoms with E-state index in [0.29, 0.717) is 37.4 Å². The van der Waals surface area contributed by atoms with Gasteiger partial charge in [0.25, 0.3) is 11.8 Å². The Morgan fingerprint density at radius 1 is 0.933 bits per heavy atom. The minimum absolute atomic E-state index is 0.0639. The first-order valence-electron chi connectivity index (χ1n) is 9.94. The second-order valence-electron chi connectivity index (χ2n) is 8.41. The highest BCUT2D eigenvalue weighted by atomic mass is 19.1. The van der Waals surface area contributed by atoms with Crippen molar-refractivity contribution in [2.24, 2.45) is 0 Å². The summed E-state index contributed by atoms with van der Waals surface area (Å²) in [5.74, 6) is -0.898. The third-order valence-corrected chi connectivity index (χ3v) is 4.82. The molecule has 2 aromatic rings. The Hall–Kier alpha value is -3.16. The van der Waals surface area contributed by atoms with Crippen LogP contribution in [0.25, 0.3) is 0 Å². The standard InChI is InChI=1S/C22H27FN4O3/c1-22(2,3)24-19(28)15-27-10-4-5-18(27)21(30)26-13-11-25(12-14-26)20(29)16-6-8-17(23)9-7-16/h4-10H,11-15H2,1-3H3,(H,24,28). The van der Waals surface area contributed by atoms with Gasteiger partial charge in [-0.1, -0.05) is 0 Å². The minimum atomic E-state index is -0.388. The monoisotopic (exact) mass is 414 g/mol. The number of nitrogens with zero attached hydrogens (tertiary/aromatic N) is 3. The van der Waals surface area contributed by atoms with Gasteiger partial charge >= 0.3 is 0 Å². The van der Waals surface area contributed by atoms with E-state index in [-0.39, 0.29) is 35.6 Å². The van der Waals surface area contributed by atoms with Crippen LogP contribution in [0.3, 0.4) is 0 Å². The summed E-state index contributed by atoms with van der Waals surface area (Å²) in [4.78, 5) is 41.1. The van der Waals surface area contributed by atoms with E-state index in [4.69, 9.17) is 0 Å². The van der Waals surface area contributed by atoms with E-state index in [1.807, 2.05) is 20.8 Å². The number of benzene rings is 1.